The molecule has 1 aliphatic rings. The molecule has 0 saturated heterocycles. The molecule has 3 nitrogen and oxygen atoms in total. The maximum Gasteiger partial charge on any atom is 0.407 e. The van der Waals surface area contributed by atoms with E-state index in [1.54, 1.807) is 0 Å². The molecule has 1 aliphatic carbocycles. The fourth-order valence-electron chi connectivity index (χ4n) is 2.10. The van der Waals surface area contributed by atoms with Crippen LogP contribution >= 0.6 is 0 Å². The molecular formula is C14H19NO2. The second kappa shape index (κ2) is 5.21. The molecule has 1 aromatic carbocycles. The van der Waals surface area contributed by atoms with E-state index < -0.39 is 0 Å². The Morgan fingerprint density at radius 1 is 1.35 bits per heavy atom. The van der Waals surface area contributed by atoms with E-state index in [4.69, 9.17) is 4.74 Å². The van der Waals surface area contributed by atoms with Gasteiger partial charge in [-0.25, -0.2) is 4.79 Å². The molecule has 0 heterocycles. The molecule has 2 rings (SSSR count). The number of nitrogens with one attached hydrogen (secondary N) is 1. The number of ether oxygens (including phenoxy) is 1. The van der Waals surface area contributed by atoms with Gasteiger partial charge in [-0.05, 0) is 31.2 Å². The molecule has 17 heavy (non-hydrogen) atoms. The Kier molecular flexibility index (Phi) is 3.67. The molecule has 0 spiro atoms. The highest BCUT2D eigenvalue weighted by molar-refractivity contribution is 5.67. The van der Waals surface area contributed by atoms with Crippen LogP contribution in [0.25, 0.3) is 0 Å². The Labute approximate surface area is 102 Å². The van der Waals surface area contributed by atoms with Crippen LogP contribution in [-0.4, -0.2) is 11.7 Å². The van der Waals surface area contributed by atoms with E-state index in [2.05, 4.69) is 12.2 Å². The highest BCUT2D eigenvalue weighted by atomic mass is 16.6. The molecule has 1 saturated carbocycles. The van der Waals surface area contributed by atoms with Crippen LogP contribution in [0.4, 0.5) is 4.79 Å². The minimum Gasteiger partial charge on any atom is -0.443 e. The van der Waals surface area contributed by atoms with Gasteiger partial charge in [0.2, 0.25) is 0 Å². The van der Waals surface area contributed by atoms with Crippen molar-refractivity contribution in [2.45, 2.75) is 44.8 Å². The first-order valence-corrected chi connectivity index (χ1v) is 6.25. The monoisotopic (exact) mass is 233 g/mol. The van der Waals surface area contributed by atoms with Gasteiger partial charge in [0, 0.05) is 6.54 Å². The third-order valence-electron chi connectivity index (χ3n) is 3.50. The maximum atomic E-state index is 11.7. The topological polar surface area (TPSA) is 38.3 Å². The quantitative estimate of drug-likeness (QED) is 0.867. The minimum absolute atomic E-state index is 0.180. The van der Waals surface area contributed by atoms with Crippen LogP contribution in [0.15, 0.2) is 30.3 Å². The fourth-order valence-corrected chi connectivity index (χ4v) is 2.10. The van der Waals surface area contributed by atoms with Crippen LogP contribution in [0.2, 0.25) is 0 Å². The standard InChI is InChI=1S/C14H19NO2/c1-2-14(9-6-10-14)17-13(16)15-11-12-7-4-3-5-8-12/h3-5,7-8H,2,6,9-11H2,1H3,(H,15,16). The van der Waals surface area contributed by atoms with Gasteiger partial charge in [0.1, 0.15) is 5.60 Å². The zero-order valence-corrected chi connectivity index (χ0v) is 10.2. The Balaban J connectivity index is 1.78. The van der Waals surface area contributed by atoms with Crippen LogP contribution in [-0.2, 0) is 11.3 Å². The molecular weight excluding hydrogens is 214 g/mol. The highest BCUT2D eigenvalue weighted by Gasteiger charge is 2.38. The van der Waals surface area contributed by atoms with Gasteiger partial charge < -0.3 is 10.1 Å². The number of rotatable bonds is 4. The zero-order valence-electron chi connectivity index (χ0n) is 10.2. The average molecular weight is 233 g/mol. The molecule has 1 amide bonds. The first-order chi connectivity index (χ1) is 8.24. The smallest absolute Gasteiger partial charge is 0.407 e. The lowest BCUT2D eigenvalue weighted by molar-refractivity contribution is -0.0501. The van der Waals surface area contributed by atoms with E-state index in [1.165, 1.54) is 6.42 Å². The minimum atomic E-state index is -0.296. The van der Waals surface area contributed by atoms with Gasteiger partial charge >= 0.3 is 6.09 Å². The molecule has 1 N–H and O–H groups in total. The number of carbonyl (C=O) groups excluding carboxylic acids is 1. The normalized spacial score (nSPS) is 17.0. The molecule has 92 valence electrons. The van der Waals surface area contributed by atoms with Crippen LogP contribution in [0.3, 0.4) is 0 Å². The number of benzene rings is 1. The lowest BCUT2D eigenvalue weighted by Crippen LogP contribution is -2.43. The van der Waals surface area contributed by atoms with Gasteiger partial charge in [0.05, 0.1) is 0 Å². The maximum absolute atomic E-state index is 11.7. The summed E-state index contributed by atoms with van der Waals surface area (Å²) in [5.41, 5.74) is 0.907. The third kappa shape index (κ3) is 2.99. The fraction of sp³-hybridized carbons (Fsp3) is 0.500. The van der Waals surface area contributed by atoms with Gasteiger partial charge in [-0.2, -0.15) is 0 Å². The van der Waals surface area contributed by atoms with E-state index in [0.717, 1.165) is 24.8 Å². The van der Waals surface area contributed by atoms with Crippen molar-refractivity contribution in [2.24, 2.45) is 0 Å². The Bertz CT molecular complexity index is 366. The van der Waals surface area contributed by atoms with Crippen molar-refractivity contribution in [3.63, 3.8) is 0 Å². The van der Waals surface area contributed by atoms with Gasteiger partial charge in [0.15, 0.2) is 0 Å². The summed E-state index contributed by atoms with van der Waals surface area (Å²) in [7, 11) is 0. The predicted octanol–water partition coefficient (Wildman–Crippen LogP) is 3.25. The predicted molar refractivity (Wildman–Crippen MR) is 66.6 cm³/mol. The summed E-state index contributed by atoms with van der Waals surface area (Å²) >= 11 is 0. The van der Waals surface area contributed by atoms with Crippen LogP contribution in [0, 0.1) is 0 Å². The number of alkyl carbamates (subject to hydrolysis) is 1. The summed E-state index contributed by atoms with van der Waals surface area (Å²) in [6, 6.07) is 9.85. The summed E-state index contributed by atoms with van der Waals surface area (Å²) in [4.78, 5) is 11.7. The molecule has 0 aliphatic heterocycles. The molecule has 0 aromatic heterocycles. The molecule has 0 radical (unpaired) electrons. The van der Waals surface area contributed by atoms with Crippen LogP contribution in [0.1, 0.15) is 38.2 Å². The second-order valence-electron chi connectivity index (χ2n) is 4.62. The summed E-state index contributed by atoms with van der Waals surface area (Å²) in [5.74, 6) is 0. The van der Waals surface area contributed by atoms with E-state index in [-0.39, 0.29) is 11.7 Å². The number of amides is 1. The van der Waals surface area contributed by atoms with Gasteiger partial charge in [-0.15, -0.1) is 0 Å². The second-order valence-corrected chi connectivity index (χ2v) is 4.62. The van der Waals surface area contributed by atoms with Crippen molar-refractivity contribution in [1.82, 2.24) is 5.32 Å². The lowest BCUT2D eigenvalue weighted by Gasteiger charge is -2.40. The Hall–Kier alpha value is -1.51. The van der Waals surface area contributed by atoms with Gasteiger partial charge in [-0.3, -0.25) is 0 Å². The molecule has 0 unspecified atom stereocenters. The van der Waals surface area contributed by atoms with E-state index >= 15 is 0 Å². The van der Waals surface area contributed by atoms with Gasteiger partial charge in [-0.1, -0.05) is 37.3 Å². The van der Waals surface area contributed by atoms with Gasteiger partial charge in [0.25, 0.3) is 0 Å². The van der Waals surface area contributed by atoms with E-state index in [0.29, 0.717) is 6.54 Å². The first kappa shape index (κ1) is 12.0. The summed E-state index contributed by atoms with van der Waals surface area (Å²) < 4.78 is 5.49. The Morgan fingerprint density at radius 3 is 2.59 bits per heavy atom. The highest BCUT2D eigenvalue weighted by Crippen LogP contribution is 2.38. The number of carbonyl (C=O) groups is 1. The number of hydrogen-bond acceptors (Lipinski definition) is 2. The summed E-state index contributed by atoms with van der Waals surface area (Å²) in [5, 5.41) is 2.80. The van der Waals surface area contributed by atoms with Crippen molar-refractivity contribution in [3.05, 3.63) is 35.9 Å². The van der Waals surface area contributed by atoms with Crippen molar-refractivity contribution in [2.75, 3.05) is 0 Å². The van der Waals surface area contributed by atoms with Crippen molar-refractivity contribution < 1.29 is 9.53 Å². The largest absolute Gasteiger partial charge is 0.443 e. The molecule has 0 bridgehead atoms. The number of hydrogen-bond donors (Lipinski definition) is 1. The van der Waals surface area contributed by atoms with E-state index in [1.807, 2.05) is 30.3 Å². The zero-order chi connectivity index (χ0) is 12.1. The molecule has 1 fully saturated rings. The van der Waals surface area contributed by atoms with E-state index in [9.17, 15) is 4.79 Å². The Morgan fingerprint density at radius 2 is 2.06 bits per heavy atom. The molecule has 3 heteroatoms. The molecule has 0 atom stereocenters. The molecule has 1 aromatic rings. The first-order valence-electron chi connectivity index (χ1n) is 6.25. The lowest BCUT2D eigenvalue weighted by atomic mass is 9.78. The average Bonchev–Trinajstić information content (AvgIpc) is 2.33. The third-order valence-corrected chi connectivity index (χ3v) is 3.50. The summed E-state index contributed by atoms with van der Waals surface area (Å²) in [6.45, 7) is 2.60. The van der Waals surface area contributed by atoms with Crippen molar-refractivity contribution in [1.29, 1.82) is 0 Å². The van der Waals surface area contributed by atoms with Crippen LogP contribution in [0.5, 0.6) is 0 Å². The summed E-state index contributed by atoms with van der Waals surface area (Å²) in [6.07, 6.45) is 3.78. The van der Waals surface area contributed by atoms with Crippen molar-refractivity contribution >= 4 is 6.09 Å². The van der Waals surface area contributed by atoms with Crippen LogP contribution < -0.4 is 5.32 Å². The van der Waals surface area contributed by atoms with Crippen molar-refractivity contribution in [3.8, 4) is 0 Å². The SMILES string of the molecule is CCC1(OC(=O)NCc2ccccc2)CCC1.